The zero-order valence-corrected chi connectivity index (χ0v) is 17.9. The number of benzene rings is 1. The number of amides is 1. The summed E-state index contributed by atoms with van der Waals surface area (Å²) in [5.41, 5.74) is 1.32. The van der Waals surface area contributed by atoms with Crippen LogP contribution in [0.25, 0.3) is 0 Å². The summed E-state index contributed by atoms with van der Waals surface area (Å²) in [4.78, 5) is 18.7. The van der Waals surface area contributed by atoms with Crippen LogP contribution >= 0.6 is 24.0 Å². The van der Waals surface area contributed by atoms with Gasteiger partial charge in [0.25, 0.3) is 0 Å². The Balaban J connectivity index is 0.00000243. The van der Waals surface area contributed by atoms with Gasteiger partial charge in [-0.25, -0.2) is 4.99 Å². The molecule has 144 valence electrons. The largest absolute Gasteiger partial charge is 0.497 e. The number of hydrogen-bond acceptors (Lipinski definition) is 3. The van der Waals surface area contributed by atoms with Crippen molar-refractivity contribution in [2.45, 2.75) is 38.1 Å². The highest BCUT2D eigenvalue weighted by Crippen LogP contribution is 2.28. The predicted octanol–water partition coefficient (Wildman–Crippen LogP) is 2.35. The number of aliphatic imine (C=N–C) groups is 1. The quantitative estimate of drug-likeness (QED) is 0.379. The molecule has 0 radical (unpaired) electrons. The van der Waals surface area contributed by atoms with Gasteiger partial charge < -0.3 is 20.3 Å². The molecule has 1 aromatic carbocycles. The van der Waals surface area contributed by atoms with Crippen LogP contribution in [0.15, 0.2) is 29.3 Å². The summed E-state index contributed by atoms with van der Waals surface area (Å²) in [6.45, 7) is 4.92. The third kappa shape index (κ3) is 5.75. The molecular formula is C19H29IN4O2. The number of nitrogens with one attached hydrogen (secondary N) is 2. The first-order chi connectivity index (χ1) is 12.2. The number of ether oxygens (including phenoxy) is 1. The lowest BCUT2D eigenvalue weighted by Gasteiger charge is -2.21. The van der Waals surface area contributed by atoms with Gasteiger partial charge in [0, 0.05) is 31.6 Å². The molecule has 1 aliphatic carbocycles. The standard InChI is InChI=1S/C19H28N4O2.HI/c1-3-20-19(21-12-18(24)22-16-6-7-16)23-11-10-15(13-23)14-4-8-17(25-2)9-5-14;/h4-5,8-9,15-16H,3,6-7,10-13H2,1-2H3,(H,20,21)(H,22,24);1H. The number of hydrogen-bond donors (Lipinski definition) is 2. The number of likely N-dealkylation sites (tertiary alicyclic amines) is 1. The number of carbonyl (C=O) groups excluding carboxylic acids is 1. The number of carbonyl (C=O) groups is 1. The van der Waals surface area contributed by atoms with Gasteiger partial charge in [0.05, 0.1) is 7.11 Å². The fourth-order valence-electron chi connectivity index (χ4n) is 3.17. The van der Waals surface area contributed by atoms with E-state index < -0.39 is 0 Å². The van der Waals surface area contributed by atoms with Crippen LogP contribution in [0.1, 0.15) is 37.7 Å². The average Bonchev–Trinajstić information content (AvgIpc) is 3.31. The van der Waals surface area contributed by atoms with Crippen LogP contribution in [0.5, 0.6) is 5.75 Å². The number of methoxy groups -OCH3 is 1. The minimum atomic E-state index is 0. The lowest BCUT2D eigenvalue weighted by Crippen LogP contribution is -2.41. The summed E-state index contributed by atoms with van der Waals surface area (Å²) in [6.07, 6.45) is 3.29. The molecule has 0 bridgehead atoms. The summed E-state index contributed by atoms with van der Waals surface area (Å²) in [5.74, 6) is 2.22. The van der Waals surface area contributed by atoms with Gasteiger partial charge in [0.2, 0.25) is 5.91 Å². The second kappa shape index (κ2) is 9.99. The molecule has 1 saturated carbocycles. The molecule has 1 saturated heterocycles. The smallest absolute Gasteiger partial charge is 0.242 e. The highest BCUT2D eigenvalue weighted by Gasteiger charge is 2.27. The average molecular weight is 472 g/mol. The molecule has 1 aromatic rings. The summed E-state index contributed by atoms with van der Waals surface area (Å²) in [6, 6.07) is 8.69. The molecule has 1 atom stereocenters. The highest BCUT2D eigenvalue weighted by molar-refractivity contribution is 14.0. The van der Waals surface area contributed by atoms with Gasteiger partial charge in [-0.2, -0.15) is 0 Å². The maximum atomic E-state index is 11.9. The molecule has 2 fully saturated rings. The van der Waals surface area contributed by atoms with E-state index in [1.165, 1.54) is 5.56 Å². The Morgan fingerprint density at radius 2 is 2.00 bits per heavy atom. The van der Waals surface area contributed by atoms with Gasteiger partial charge in [0.1, 0.15) is 12.3 Å². The molecular weight excluding hydrogens is 443 g/mol. The first-order valence-corrected chi connectivity index (χ1v) is 9.16. The monoisotopic (exact) mass is 472 g/mol. The van der Waals surface area contributed by atoms with Crippen molar-refractivity contribution in [1.29, 1.82) is 0 Å². The summed E-state index contributed by atoms with van der Waals surface area (Å²) >= 11 is 0. The van der Waals surface area contributed by atoms with E-state index in [0.29, 0.717) is 12.0 Å². The molecule has 3 rings (SSSR count). The Hall–Kier alpha value is -1.51. The number of rotatable bonds is 6. The molecule has 1 amide bonds. The third-order valence-electron chi connectivity index (χ3n) is 4.72. The van der Waals surface area contributed by atoms with Crippen LogP contribution in [-0.2, 0) is 4.79 Å². The topological polar surface area (TPSA) is 66.0 Å². The Morgan fingerprint density at radius 1 is 1.27 bits per heavy atom. The Kier molecular flexibility index (Phi) is 7.99. The van der Waals surface area contributed by atoms with Gasteiger partial charge in [0.15, 0.2) is 5.96 Å². The van der Waals surface area contributed by atoms with Crippen molar-refractivity contribution >= 4 is 35.8 Å². The number of guanidine groups is 1. The minimum absolute atomic E-state index is 0. The predicted molar refractivity (Wildman–Crippen MR) is 114 cm³/mol. The van der Waals surface area contributed by atoms with Crippen molar-refractivity contribution in [3.05, 3.63) is 29.8 Å². The van der Waals surface area contributed by atoms with E-state index in [0.717, 1.165) is 50.6 Å². The van der Waals surface area contributed by atoms with E-state index in [9.17, 15) is 4.79 Å². The van der Waals surface area contributed by atoms with Crippen LogP contribution in [0.4, 0.5) is 0 Å². The second-order valence-electron chi connectivity index (χ2n) is 6.72. The van der Waals surface area contributed by atoms with Crippen molar-refractivity contribution in [2.75, 3.05) is 33.3 Å². The van der Waals surface area contributed by atoms with Crippen molar-refractivity contribution < 1.29 is 9.53 Å². The molecule has 7 heteroatoms. The lowest BCUT2D eigenvalue weighted by molar-refractivity contribution is -0.119. The van der Waals surface area contributed by atoms with Crippen molar-refractivity contribution in [3.8, 4) is 5.75 Å². The van der Waals surface area contributed by atoms with E-state index in [2.05, 4.69) is 39.6 Å². The van der Waals surface area contributed by atoms with Crippen LogP contribution in [0, 0.1) is 0 Å². The summed E-state index contributed by atoms with van der Waals surface area (Å²) in [7, 11) is 1.69. The molecule has 1 unspecified atom stereocenters. The number of nitrogens with zero attached hydrogens (tertiary/aromatic N) is 2. The van der Waals surface area contributed by atoms with E-state index in [4.69, 9.17) is 4.74 Å². The van der Waals surface area contributed by atoms with E-state index >= 15 is 0 Å². The maximum absolute atomic E-state index is 11.9. The van der Waals surface area contributed by atoms with E-state index in [1.807, 2.05) is 12.1 Å². The van der Waals surface area contributed by atoms with Gasteiger partial charge in [-0.1, -0.05) is 12.1 Å². The van der Waals surface area contributed by atoms with Gasteiger partial charge in [-0.3, -0.25) is 4.79 Å². The normalized spacial score (nSPS) is 19.7. The molecule has 6 nitrogen and oxygen atoms in total. The first-order valence-electron chi connectivity index (χ1n) is 9.16. The Bertz CT molecular complexity index is 616. The molecule has 2 N–H and O–H groups in total. The fraction of sp³-hybridized carbons (Fsp3) is 0.579. The van der Waals surface area contributed by atoms with Gasteiger partial charge in [-0.05, 0) is 43.9 Å². The summed E-state index contributed by atoms with van der Waals surface area (Å²) in [5, 5.41) is 6.30. The zero-order valence-electron chi connectivity index (χ0n) is 15.5. The van der Waals surface area contributed by atoms with Crippen LogP contribution in [-0.4, -0.2) is 56.1 Å². The SMILES string of the molecule is CCNC(=NCC(=O)NC1CC1)N1CCC(c2ccc(OC)cc2)C1.I. The molecule has 1 aliphatic heterocycles. The minimum Gasteiger partial charge on any atom is -0.497 e. The zero-order chi connectivity index (χ0) is 17.6. The van der Waals surface area contributed by atoms with E-state index in [-0.39, 0.29) is 36.4 Å². The van der Waals surface area contributed by atoms with Crippen LogP contribution in [0.2, 0.25) is 0 Å². The molecule has 26 heavy (non-hydrogen) atoms. The molecule has 0 spiro atoms. The third-order valence-corrected chi connectivity index (χ3v) is 4.72. The van der Waals surface area contributed by atoms with Crippen molar-refractivity contribution in [3.63, 3.8) is 0 Å². The van der Waals surface area contributed by atoms with Gasteiger partial charge in [-0.15, -0.1) is 24.0 Å². The summed E-state index contributed by atoms with van der Waals surface area (Å²) < 4.78 is 5.23. The van der Waals surface area contributed by atoms with Crippen molar-refractivity contribution in [2.24, 2.45) is 4.99 Å². The molecule has 1 heterocycles. The molecule has 2 aliphatic rings. The Morgan fingerprint density at radius 3 is 2.62 bits per heavy atom. The van der Waals surface area contributed by atoms with Crippen molar-refractivity contribution in [1.82, 2.24) is 15.5 Å². The molecule has 0 aromatic heterocycles. The lowest BCUT2D eigenvalue weighted by atomic mass is 9.98. The highest BCUT2D eigenvalue weighted by atomic mass is 127. The first kappa shape index (κ1) is 20.8. The second-order valence-corrected chi connectivity index (χ2v) is 6.72. The fourth-order valence-corrected chi connectivity index (χ4v) is 3.17. The van der Waals surface area contributed by atoms with Crippen LogP contribution in [0.3, 0.4) is 0 Å². The Labute approximate surface area is 172 Å². The van der Waals surface area contributed by atoms with Gasteiger partial charge >= 0.3 is 0 Å². The number of halogens is 1. The maximum Gasteiger partial charge on any atom is 0.242 e. The van der Waals surface area contributed by atoms with E-state index in [1.54, 1.807) is 7.11 Å². The van der Waals surface area contributed by atoms with Crippen LogP contribution < -0.4 is 15.4 Å².